The largest absolute Gasteiger partial charge is 0.379 e. The van der Waals surface area contributed by atoms with E-state index in [0.29, 0.717) is 30.1 Å². The smallest absolute Gasteiger partial charge is 0.272 e. The van der Waals surface area contributed by atoms with E-state index in [1.807, 2.05) is 11.8 Å². The average molecular weight is 479 g/mol. The molecule has 4 heterocycles. The summed E-state index contributed by atoms with van der Waals surface area (Å²) in [6.45, 7) is 7.00. The first-order chi connectivity index (χ1) is 17.1. The van der Waals surface area contributed by atoms with Gasteiger partial charge in [-0.3, -0.25) is 4.79 Å². The minimum atomic E-state index is 0.0456. The highest BCUT2D eigenvalue weighted by molar-refractivity contribution is 5.94. The van der Waals surface area contributed by atoms with Crippen molar-refractivity contribution < 1.29 is 14.3 Å². The maximum atomic E-state index is 13.4. The molecule has 0 N–H and O–H groups in total. The highest BCUT2D eigenvalue weighted by Crippen LogP contribution is 2.33. The topological polar surface area (TPSA) is 67.8 Å². The Morgan fingerprint density at radius 2 is 1.89 bits per heavy atom. The predicted molar refractivity (Wildman–Crippen MR) is 136 cm³/mol. The lowest BCUT2D eigenvalue weighted by molar-refractivity contribution is -0.0725. The van der Waals surface area contributed by atoms with Crippen LogP contribution in [-0.4, -0.2) is 73.4 Å². The summed E-state index contributed by atoms with van der Waals surface area (Å²) < 4.78 is 11.2. The Labute approximate surface area is 208 Å². The number of nitrogens with zero attached hydrogens (tertiary/aromatic N) is 4. The summed E-state index contributed by atoms with van der Waals surface area (Å²) in [6.07, 6.45) is 7.19. The number of anilines is 1. The van der Waals surface area contributed by atoms with Gasteiger partial charge in [0.05, 0.1) is 12.7 Å². The first-order valence-electron chi connectivity index (χ1n) is 13.1. The molecular formula is C28H38N4O3. The average Bonchev–Trinajstić information content (AvgIpc) is 3.40. The summed E-state index contributed by atoms with van der Waals surface area (Å²) in [6, 6.07) is 10.7. The van der Waals surface area contributed by atoms with Crippen molar-refractivity contribution in [3.8, 4) is 0 Å². The third-order valence-electron chi connectivity index (χ3n) is 8.30. The predicted octanol–water partition coefficient (Wildman–Crippen LogP) is 4.07. The SMILES string of the molecule is COC1COCCC1CC1CCN(C(=O)c2ncnc(N3CCC(c4ccccc4)C3)c2C)CC1. The lowest BCUT2D eigenvalue weighted by atomic mass is 9.82. The minimum absolute atomic E-state index is 0.0456. The van der Waals surface area contributed by atoms with Crippen LogP contribution in [0.3, 0.4) is 0 Å². The van der Waals surface area contributed by atoms with E-state index in [1.165, 1.54) is 5.56 Å². The van der Waals surface area contributed by atoms with Gasteiger partial charge in [0.1, 0.15) is 17.8 Å². The van der Waals surface area contributed by atoms with E-state index in [0.717, 1.165) is 76.3 Å². The molecule has 1 amide bonds. The molecule has 5 rings (SSSR count). The van der Waals surface area contributed by atoms with Crippen LogP contribution in [0.2, 0.25) is 0 Å². The molecule has 3 atom stereocenters. The summed E-state index contributed by atoms with van der Waals surface area (Å²) in [5.41, 5.74) is 2.83. The number of carbonyl (C=O) groups excluding carboxylic acids is 1. The molecule has 0 saturated carbocycles. The molecule has 7 nitrogen and oxygen atoms in total. The van der Waals surface area contributed by atoms with Gasteiger partial charge in [0.2, 0.25) is 0 Å². The van der Waals surface area contributed by atoms with E-state index in [1.54, 1.807) is 13.4 Å². The fourth-order valence-electron chi connectivity index (χ4n) is 6.16. The van der Waals surface area contributed by atoms with Crippen LogP contribution in [0.15, 0.2) is 36.7 Å². The molecule has 3 fully saturated rings. The molecule has 35 heavy (non-hydrogen) atoms. The summed E-state index contributed by atoms with van der Waals surface area (Å²) in [5.74, 6) is 2.65. The van der Waals surface area contributed by atoms with Crippen LogP contribution >= 0.6 is 0 Å². The number of carbonyl (C=O) groups is 1. The van der Waals surface area contributed by atoms with Gasteiger partial charge in [0.15, 0.2) is 0 Å². The fourth-order valence-corrected chi connectivity index (χ4v) is 6.16. The first kappa shape index (κ1) is 24.2. The Morgan fingerprint density at radius 1 is 1.09 bits per heavy atom. The van der Waals surface area contributed by atoms with E-state index >= 15 is 0 Å². The summed E-state index contributed by atoms with van der Waals surface area (Å²) in [5, 5.41) is 0. The molecule has 0 radical (unpaired) electrons. The molecule has 3 aliphatic heterocycles. The standard InChI is InChI=1S/C28H38N4O3/c1-20-26(29-19-30-27(20)32-14-10-24(17-32)22-6-4-3-5-7-22)28(33)31-12-8-21(9-13-31)16-23-11-15-35-18-25(23)34-2/h3-7,19,21,23-25H,8-18H2,1-2H3. The molecule has 188 valence electrons. The van der Waals surface area contributed by atoms with Crippen molar-refractivity contribution in [1.29, 1.82) is 0 Å². The zero-order chi connectivity index (χ0) is 24.2. The summed E-state index contributed by atoms with van der Waals surface area (Å²) in [7, 11) is 1.79. The first-order valence-corrected chi connectivity index (χ1v) is 13.1. The van der Waals surface area contributed by atoms with Gasteiger partial charge in [-0.1, -0.05) is 30.3 Å². The molecule has 3 aliphatic rings. The van der Waals surface area contributed by atoms with Crippen molar-refractivity contribution in [3.05, 3.63) is 53.5 Å². The number of hydrogen-bond acceptors (Lipinski definition) is 6. The van der Waals surface area contributed by atoms with E-state index < -0.39 is 0 Å². The van der Waals surface area contributed by atoms with Gasteiger partial charge in [0, 0.05) is 51.4 Å². The molecule has 1 aromatic heterocycles. The minimum Gasteiger partial charge on any atom is -0.379 e. The van der Waals surface area contributed by atoms with Gasteiger partial charge in [-0.25, -0.2) is 9.97 Å². The van der Waals surface area contributed by atoms with Crippen molar-refractivity contribution in [3.63, 3.8) is 0 Å². The maximum Gasteiger partial charge on any atom is 0.272 e. The second-order valence-corrected chi connectivity index (χ2v) is 10.4. The number of piperidine rings is 1. The highest BCUT2D eigenvalue weighted by Gasteiger charge is 2.32. The number of rotatable bonds is 6. The highest BCUT2D eigenvalue weighted by atomic mass is 16.5. The van der Waals surface area contributed by atoms with E-state index in [2.05, 4.69) is 45.2 Å². The van der Waals surface area contributed by atoms with Gasteiger partial charge in [0.25, 0.3) is 5.91 Å². The summed E-state index contributed by atoms with van der Waals surface area (Å²) in [4.78, 5) is 26.8. The van der Waals surface area contributed by atoms with Crippen molar-refractivity contribution in [2.24, 2.45) is 11.8 Å². The molecule has 0 aliphatic carbocycles. The molecule has 3 unspecified atom stereocenters. The second kappa shape index (κ2) is 11.0. The van der Waals surface area contributed by atoms with Crippen LogP contribution in [0.25, 0.3) is 0 Å². The number of hydrogen-bond donors (Lipinski definition) is 0. The van der Waals surface area contributed by atoms with Gasteiger partial charge >= 0.3 is 0 Å². The third-order valence-corrected chi connectivity index (χ3v) is 8.30. The van der Waals surface area contributed by atoms with Crippen LogP contribution in [-0.2, 0) is 9.47 Å². The molecular weight excluding hydrogens is 440 g/mol. The molecule has 2 aromatic rings. The van der Waals surface area contributed by atoms with Crippen LogP contribution in [0.4, 0.5) is 5.82 Å². The van der Waals surface area contributed by atoms with Crippen LogP contribution in [0.1, 0.15) is 59.6 Å². The number of ether oxygens (including phenoxy) is 2. The van der Waals surface area contributed by atoms with Crippen LogP contribution in [0, 0.1) is 18.8 Å². The summed E-state index contributed by atoms with van der Waals surface area (Å²) >= 11 is 0. The number of aromatic nitrogens is 2. The van der Waals surface area contributed by atoms with E-state index in [4.69, 9.17) is 9.47 Å². The van der Waals surface area contributed by atoms with Gasteiger partial charge in [-0.05, 0) is 56.4 Å². The molecule has 0 bridgehead atoms. The van der Waals surface area contributed by atoms with Gasteiger partial charge < -0.3 is 19.3 Å². The van der Waals surface area contributed by atoms with Crippen molar-refractivity contribution in [2.75, 3.05) is 51.4 Å². The number of likely N-dealkylation sites (tertiary alicyclic amines) is 1. The Hall–Kier alpha value is -2.51. The lowest BCUT2D eigenvalue weighted by Crippen LogP contribution is -2.41. The molecule has 7 heteroatoms. The van der Waals surface area contributed by atoms with Crippen molar-refractivity contribution in [2.45, 2.75) is 51.0 Å². The van der Waals surface area contributed by atoms with Crippen molar-refractivity contribution in [1.82, 2.24) is 14.9 Å². The van der Waals surface area contributed by atoms with Crippen molar-refractivity contribution >= 4 is 11.7 Å². The maximum absolute atomic E-state index is 13.4. The van der Waals surface area contributed by atoms with Crippen LogP contribution < -0.4 is 4.90 Å². The zero-order valence-electron chi connectivity index (χ0n) is 21.1. The second-order valence-electron chi connectivity index (χ2n) is 10.4. The quantitative estimate of drug-likeness (QED) is 0.624. The number of methoxy groups -OCH3 is 1. The zero-order valence-corrected chi connectivity index (χ0v) is 21.1. The normalized spacial score (nSPS) is 25.7. The van der Waals surface area contributed by atoms with E-state index in [9.17, 15) is 4.79 Å². The monoisotopic (exact) mass is 478 g/mol. The molecule has 0 spiro atoms. The Bertz CT molecular complexity index is 993. The number of benzene rings is 1. The Kier molecular flexibility index (Phi) is 7.63. The molecule has 3 saturated heterocycles. The van der Waals surface area contributed by atoms with Crippen LogP contribution in [0.5, 0.6) is 0 Å². The number of amides is 1. The Morgan fingerprint density at radius 3 is 2.66 bits per heavy atom. The van der Waals surface area contributed by atoms with Gasteiger partial charge in [-0.15, -0.1) is 0 Å². The lowest BCUT2D eigenvalue weighted by Gasteiger charge is -2.37. The Balaban J connectivity index is 1.20. The van der Waals surface area contributed by atoms with E-state index in [-0.39, 0.29) is 12.0 Å². The van der Waals surface area contributed by atoms with Gasteiger partial charge in [-0.2, -0.15) is 0 Å². The fraction of sp³-hybridized carbons (Fsp3) is 0.607. The molecule has 1 aromatic carbocycles. The third kappa shape index (κ3) is 5.36.